The number of aromatic nitrogens is 6. The summed E-state index contributed by atoms with van der Waals surface area (Å²) in [5, 5.41) is 10.9. The van der Waals surface area contributed by atoms with E-state index in [0.29, 0.717) is 16.1 Å². The molecule has 0 aliphatic carbocycles. The van der Waals surface area contributed by atoms with Gasteiger partial charge in [0.1, 0.15) is 12.0 Å². The normalized spacial score (nSPS) is 11.8. The van der Waals surface area contributed by atoms with E-state index in [0.717, 1.165) is 11.6 Å². The predicted molar refractivity (Wildman–Crippen MR) is 109 cm³/mol. The van der Waals surface area contributed by atoms with E-state index in [1.165, 1.54) is 17.9 Å². The number of hydrogen-bond donors (Lipinski definition) is 1. The molecule has 3 heterocycles. The van der Waals surface area contributed by atoms with Crippen molar-refractivity contribution in [3.8, 4) is 0 Å². The van der Waals surface area contributed by atoms with Crippen molar-refractivity contribution in [2.75, 3.05) is 5.32 Å². The van der Waals surface area contributed by atoms with Crippen LogP contribution in [0.4, 0.5) is 19.1 Å². The molecular weight excluding hydrogens is 503 g/mol. The smallest absolute Gasteiger partial charge is 0.288 e. The molecular formula is C18H12BrClF3N7O. The topological polar surface area (TPSA) is 90.0 Å². The zero-order valence-corrected chi connectivity index (χ0v) is 18.0. The minimum absolute atomic E-state index is 0.0255. The van der Waals surface area contributed by atoms with Crippen molar-refractivity contribution in [2.45, 2.75) is 19.6 Å². The van der Waals surface area contributed by atoms with Crippen LogP contribution in [-0.4, -0.2) is 35.3 Å². The summed E-state index contributed by atoms with van der Waals surface area (Å²) in [7, 11) is 0. The molecule has 0 bridgehead atoms. The van der Waals surface area contributed by atoms with Gasteiger partial charge in [0.05, 0.1) is 11.0 Å². The van der Waals surface area contributed by atoms with Gasteiger partial charge in [-0.15, -0.1) is 5.10 Å². The van der Waals surface area contributed by atoms with Crippen LogP contribution in [-0.2, 0) is 12.7 Å². The van der Waals surface area contributed by atoms with Crippen LogP contribution in [0.3, 0.4) is 0 Å². The van der Waals surface area contributed by atoms with Gasteiger partial charge in [-0.2, -0.15) is 18.3 Å². The number of nitrogens with one attached hydrogen (secondary N) is 1. The first kappa shape index (κ1) is 21.2. The number of halogens is 5. The third-order valence-electron chi connectivity index (χ3n) is 4.16. The van der Waals surface area contributed by atoms with Gasteiger partial charge in [-0.05, 0) is 46.6 Å². The molecule has 4 aromatic rings. The highest BCUT2D eigenvalue weighted by atomic mass is 79.9. The van der Waals surface area contributed by atoms with Gasteiger partial charge < -0.3 is 0 Å². The van der Waals surface area contributed by atoms with Crippen molar-refractivity contribution in [1.82, 2.24) is 29.4 Å². The van der Waals surface area contributed by atoms with Gasteiger partial charge in [0, 0.05) is 10.7 Å². The number of carbonyl (C=O) groups excluding carboxylic acids is 1. The Morgan fingerprint density at radius 1 is 1.26 bits per heavy atom. The average Bonchev–Trinajstić information content (AvgIpc) is 3.25. The first-order valence-corrected chi connectivity index (χ1v) is 9.87. The number of benzene rings is 1. The van der Waals surface area contributed by atoms with E-state index in [4.69, 9.17) is 11.6 Å². The highest BCUT2D eigenvalue weighted by Crippen LogP contribution is 2.32. The lowest BCUT2D eigenvalue weighted by molar-refractivity contribution is -0.142. The molecule has 0 unspecified atom stereocenters. The number of amides is 1. The molecule has 0 radical (unpaired) electrons. The number of alkyl halides is 3. The fraction of sp³-hybridized carbons (Fsp3) is 0.167. The van der Waals surface area contributed by atoms with Crippen molar-refractivity contribution in [3.63, 3.8) is 0 Å². The standard InChI is InChI=1S/C18H12BrClF3N7O/c1-9-5-12(18(21,22)23)30-15(25-9)13(19)14(27-30)16(31)26-17-24-8-29(28-17)7-10-3-2-4-11(20)6-10/h2-6,8H,7H2,1H3,(H,26,28,31). The van der Waals surface area contributed by atoms with E-state index < -0.39 is 17.8 Å². The molecule has 1 N–H and O–H groups in total. The molecule has 0 fully saturated rings. The molecule has 0 spiro atoms. The number of rotatable bonds is 4. The maximum absolute atomic E-state index is 13.4. The van der Waals surface area contributed by atoms with Crippen LogP contribution >= 0.6 is 27.5 Å². The molecule has 160 valence electrons. The van der Waals surface area contributed by atoms with Crippen LogP contribution in [0.25, 0.3) is 5.65 Å². The summed E-state index contributed by atoms with van der Waals surface area (Å²) < 4.78 is 42.2. The second kappa shape index (κ2) is 7.93. The van der Waals surface area contributed by atoms with Crippen LogP contribution in [0, 0.1) is 6.92 Å². The van der Waals surface area contributed by atoms with Crippen molar-refractivity contribution >= 4 is 45.0 Å². The van der Waals surface area contributed by atoms with E-state index in [1.807, 2.05) is 6.07 Å². The first-order valence-electron chi connectivity index (χ1n) is 8.70. The summed E-state index contributed by atoms with van der Waals surface area (Å²) in [5.41, 5.74) is -0.446. The second-order valence-corrected chi connectivity index (χ2v) is 7.76. The molecule has 0 aliphatic rings. The van der Waals surface area contributed by atoms with Crippen LogP contribution < -0.4 is 5.32 Å². The summed E-state index contributed by atoms with van der Waals surface area (Å²) >= 11 is 9.08. The van der Waals surface area contributed by atoms with Gasteiger partial charge in [0.2, 0.25) is 5.95 Å². The number of hydrogen-bond acceptors (Lipinski definition) is 5. The molecule has 1 amide bonds. The van der Waals surface area contributed by atoms with Crippen molar-refractivity contribution < 1.29 is 18.0 Å². The number of fused-ring (bicyclic) bond motifs is 1. The van der Waals surface area contributed by atoms with E-state index in [9.17, 15) is 18.0 Å². The van der Waals surface area contributed by atoms with Crippen LogP contribution in [0.2, 0.25) is 5.02 Å². The Kier molecular flexibility index (Phi) is 5.43. The lowest BCUT2D eigenvalue weighted by Gasteiger charge is -2.09. The number of anilines is 1. The van der Waals surface area contributed by atoms with E-state index in [-0.39, 0.29) is 27.5 Å². The molecule has 0 atom stereocenters. The minimum atomic E-state index is -4.67. The highest BCUT2D eigenvalue weighted by Gasteiger charge is 2.36. The molecule has 0 aliphatic heterocycles. The van der Waals surface area contributed by atoms with Crippen molar-refractivity contribution in [1.29, 1.82) is 0 Å². The van der Waals surface area contributed by atoms with Crippen LogP contribution in [0.5, 0.6) is 0 Å². The summed E-state index contributed by atoms with van der Waals surface area (Å²) in [6.45, 7) is 1.78. The quantitative estimate of drug-likeness (QED) is 0.437. The third-order valence-corrected chi connectivity index (χ3v) is 5.13. The van der Waals surface area contributed by atoms with Crippen molar-refractivity contribution in [2.24, 2.45) is 0 Å². The Bertz CT molecular complexity index is 1300. The third kappa shape index (κ3) is 4.39. The Hall–Kier alpha value is -2.99. The Morgan fingerprint density at radius 3 is 2.74 bits per heavy atom. The van der Waals surface area contributed by atoms with Gasteiger partial charge in [-0.1, -0.05) is 23.7 Å². The lowest BCUT2D eigenvalue weighted by atomic mass is 10.2. The largest absolute Gasteiger partial charge is 0.433 e. The maximum atomic E-state index is 13.4. The van der Waals surface area contributed by atoms with Gasteiger partial charge in [0.15, 0.2) is 11.3 Å². The van der Waals surface area contributed by atoms with Gasteiger partial charge in [-0.3, -0.25) is 10.1 Å². The summed E-state index contributed by atoms with van der Waals surface area (Å²) in [4.78, 5) is 20.7. The number of nitrogens with zero attached hydrogens (tertiary/aromatic N) is 6. The molecule has 4 rings (SSSR count). The molecule has 13 heteroatoms. The lowest BCUT2D eigenvalue weighted by Crippen LogP contribution is -2.16. The maximum Gasteiger partial charge on any atom is 0.433 e. The Balaban J connectivity index is 1.59. The van der Waals surface area contributed by atoms with E-state index in [2.05, 4.69) is 41.4 Å². The second-order valence-electron chi connectivity index (χ2n) is 6.53. The predicted octanol–water partition coefficient (Wildman–Crippen LogP) is 4.36. The van der Waals surface area contributed by atoms with E-state index in [1.54, 1.807) is 18.2 Å². The van der Waals surface area contributed by atoms with Crippen molar-refractivity contribution in [3.05, 3.63) is 68.8 Å². The fourth-order valence-corrected chi connectivity index (χ4v) is 3.60. The molecule has 8 nitrogen and oxygen atoms in total. The Labute approximate surface area is 186 Å². The molecule has 0 saturated heterocycles. The molecule has 1 aromatic carbocycles. The minimum Gasteiger partial charge on any atom is -0.288 e. The van der Waals surface area contributed by atoms with Crippen LogP contribution in [0.1, 0.15) is 27.4 Å². The summed E-state index contributed by atoms with van der Waals surface area (Å²) in [6, 6.07) is 8.01. The highest BCUT2D eigenvalue weighted by molar-refractivity contribution is 9.10. The summed E-state index contributed by atoms with van der Waals surface area (Å²) in [6.07, 6.45) is -3.27. The van der Waals surface area contributed by atoms with Gasteiger partial charge in [0.25, 0.3) is 5.91 Å². The fourth-order valence-electron chi connectivity index (χ4n) is 2.87. The zero-order chi connectivity index (χ0) is 22.3. The molecule has 0 saturated carbocycles. The van der Waals surface area contributed by atoms with E-state index >= 15 is 0 Å². The molecule has 31 heavy (non-hydrogen) atoms. The zero-order valence-electron chi connectivity index (χ0n) is 15.7. The monoisotopic (exact) mass is 513 g/mol. The SMILES string of the molecule is Cc1cc(C(F)(F)F)n2nc(C(=O)Nc3ncn(Cc4cccc(Cl)c4)n3)c(Br)c2n1. The average molecular weight is 515 g/mol. The first-order chi connectivity index (χ1) is 14.6. The number of carbonyl (C=O) groups is 1. The van der Waals surface area contributed by atoms with Crippen LogP contribution in [0.15, 0.2) is 41.1 Å². The van der Waals surface area contributed by atoms with Gasteiger partial charge >= 0.3 is 6.18 Å². The number of aryl methyl sites for hydroxylation is 1. The Morgan fingerprint density at radius 2 is 2.03 bits per heavy atom. The van der Waals surface area contributed by atoms with Gasteiger partial charge in [-0.25, -0.2) is 19.2 Å². The summed E-state index contributed by atoms with van der Waals surface area (Å²) in [5.74, 6) is -0.820. The molecule has 3 aromatic heterocycles.